The molecule has 2 heterocycles. The third-order valence-corrected chi connectivity index (χ3v) is 3.45. The van der Waals surface area contributed by atoms with Crippen molar-refractivity contribution in [3.63, 3.8) is 0 Å². The number of aromatic nitrogens is 1. The van der Waals surface area contributed by atoms with Crippen LogP contribution in [0.4, 0.5) is 5.69 Å². The maximum Gasteiger partial charge on any atom is 0.293 e. The molecule has 1 atom stereocenters. The number of amides is 1. The molecule has 3 rings (SSSR count). The lowest BCUT2D eigenvalue weighted by molar-refractivity contribution is -0.383. The van der Waals surface area contributed by atoms with Crippen LogP contribution >= 0.6 is 0 Å². The van der Waals surface area contributed by atoms with Crippen LogP contribution in [0, 0.1) is 10.1 Å². The van der Waals surface area contributed by atoms with E-state index in [4.69, 9.17) is 9.47 Å². The van der Waals surface area contributed by atoms with Crippen LogP contribution in [0.5, 0.6) is 0 Å². The van der Waals surface area contributed by atoms with Crippen LogP contribution in [0.25, 0.3) is 10.9 Å². The normalized spacial score (nSPS) is 18.3. The molecule has 116 valence electrons. The fraction of sp³-hybridized carbons (Fsp3) is 0.357. The van der Waals surface area contributed by atoms with Crippen LogP contribution in [-0.4, -0.2) is 48.3 Å². The van der Waals surface area contributed by atoms with E-state index in [1.807, 2.05) is 0 Å². The summed E-state index contributed by atoms with van der Waals surface area (Å²) in [5.74, 6) is -0.334. The number of H-pyrrole nitrogens is 1. The summed E-state index contributed by atoms with van der Waals surface area (Å²) in [6.45, 7) is 1.85. The Kier molecular flexibility index (Phi) is 4.03. The number of aromatic amines is 1. The molecule has 0 spiro atoms. The molecule has 1 unspecified atom stereocenters. The van der Waals surface area contributed by atoms with Crippen molar-refractivity contribution < 1.29 is 19.2 Å². The summed E-state index contributed by atoms with van der Waals surface area (Å²) in [5.41, 5.74) is 0.566. The molecule has 1 amide bonds. The van der Waals surface area contributed by atoms with E-state index in [-0.39, 0.29) is 23.4 Å². The summed E-state index contributed by atoms with van der Waals surface area (Å²) in [7, 11) is 0. The molecule has 1 saturated heterocycles. The summed E-state index contributed by atoms with van der Waals surface area (Å²) < 4.78 is 10.7. The number of carbonyl (C=O) groups is 1. The number of carbonyl (C=O) groups excluding carboxylic acids is 1. The summed E-state index contributed by atoms with van der Waals surface area (Å²) in [6, 6.07) is 6.29. The molecular formula is C14H15N3O5. The predicted octanol–water partition coefficient (Wildman–Crippen LogP) is 1.22. The first kappa shape index (κ1) is 14.5. The van der Waals surface area contributed by atoms with Crippen molar-refractivity contribution in [2.75, 3.05) is 26.4 Å². The Morgan fingerprint density at radius 1 is 1.45 bits per heavy atom. The van der Waals surface area contributed by atoms with Crippen LogP contribution in [0.1, 0.15) is 10.5 Å². The molecule has 0 aliphatic carbocycles. The standard InChI is InChI=1S/C14H15N3O5/c18-14(15-7-10-8-21-4-5-22-10)11-6-9-2-1-3-12(17(19)20)13(9)16-11/h1-3,6,10,16H,4-5,7-8H2,(H,15,18). The predicted molar refractivity (Wildman–Crippen MR) is 77.8 cm³/mol. The molecule has 2 aromatic rings. The van der Waals surface area contributed by atoms with Gasteiger partial charge in [0.2, 0.25) is 0 Å². The first-order valence-corrected chi connectivity index (χ1v) is 6.89. The van der Waals surface area contributed by atoms with Gasteiger partial charge in [-0.15, -0.1) is 0 Å². The number of nitrogens with one attached hydrogen (secondary N) is 2. The van der Waals surface area contributed by atoms with Crippen molar-refractivity contribution in [3.05, 3.63) is 40.1 Å². The SMILES string of the molecule is O=C(NCC1COCCO1)c1cc2cccc([N+](=O)[O-])c2[nH]1. The first-order chi connectivity index (χ1) is 10.6. The molecule has 8 heteroatoms. The van der Waals surface area contributed by atoms with Gasteiger partial charge in [0.1, 0.15) is 11.2 Å². The molecule has 22 heavy (non-hydrogen) atoms. The van der Waals surface area contributed by atoms with Crippen LogP contribution < -0.4 is 5.32 Å². The highest BCUT2D eigenvalue weighted by Gasteiger charge is 2.19. The Labute approximate surface area is 125 Å². The fourth-order valence-electron chi connectivity index (χ4n) is 2.37. The maximum atomic E-state index is 12.1. The van der Waals surface area contributed by atoms with Crippen molar-refractivity contribution in [1.29, 1.82) is 0 Å². The van der Waals surface area contributed by atoms with E-state index in [1.165, 1.54) is 6.07 Å². The van der Waals surface area contributed by atoms with Crippen molar-refractivity contribution in [1.82, 2.24) is 10.3 Å². The Morgan fingerprint density at radius 3 is 3.05 bits per heavy atom. The lowest BCUT2D eigenvalue weighted by Crippen LogP contribution is -2.39. The Bertz CT molecular complexity index is 706. The average molecular weight is 305 g/mol. The van der Waals surface area contributed by atoms with E-state index >= 15 is 0 Å². The number of para-hydroxylation sites is 1. The van der Waals surface area contributed by atoms with Gasteiger partial charge in [-0.3, -0.25) is 14.9 Å². The number of hydrogen-bond acceptors (Lipinski definition) is 5. The molecule has 2 N–H and O–H groups in total. The van der Waals surface area contributed by atoms with Gasteiger partial charge < -0.3 is 19.8 Å². The highest BCUT2D eigenvalue weighted by molar-refractivity contribution is 6.00. The van der Waals surface area contributed by atoms with E-state index in [0.29, 0.717) is 37.3 Å². The minimum atomic E-state index is -0.478. The molecule has 1 aromatic heterocycles. The quantitative estimate of drug-likeness (QED) is 0.652. The Morgan fingerprint density at radius 2 is 2.32 bits per heavy atom. The number of non-ortho nitro benzene ring substituents is 1. The average Bonchev–Trinajstić information content (AvgIpc) is 2.97. The van der Waals surface area contributed by atoms with Crippen LogP contribution in [0.2, 0.25) is 0 Å². The third kappa shape index (κ3) is 2.92. The van der Waals surface area contributed by atoms with Gasteiger partial charge in [0, 0.05) is 18.0 Å². The number of hydrogen-bond donors (Lipinski definition) is 2. The lowest BCUT2D eigenvalue weighted by atomic mass is 10.2. The Balaban J connectivity index is 1.73. The van der Waals surface area contributed by atoms with Gasteiger partial charge in [0.15, 0.2) is 0 Å². The zero-order valence-electron chi connectivity index (χ0n) is 11.7. The zero-order chi connectivity index (χ0) is 15.5. The molecule has 1 aliphatic rings. The Hall–Kier alpha value is -2.45. The maximum absolute atomic E-state index is 12.1. The molecule has 1 aromatic carbocycles. The summed E-state index contributed by atoms with van der Waals surface area (Å²) in [4.78, 5) is 25.4. The van der Waals surface area contributed by atoms with Gasteiger partial charge in [0.05, 0.1) is 30.8 Å². The number of ether oxygens (including phenoxy) is 2. The number of nitrogens with zero attached hydrogens (tertiary/aromatic N) is 1. The second-order valence-corrected chi connectivity index (χ2v) is 4.96. The number of nitro benzene ring substituents is 1. The largest absolute Gasteiger partial charge is 0.376 e. The molecule has 1 fully saturated rings. The van der Waals surface area contributed by atoms with Gasteiger partial charge in [-0.25, -0.2) is 0 Å². The smallest absolute Gasteiger partial charge is 0.293 e. The molecule has 0 bridgehead atoms. The first-order valence-electron chi connectivity index (χ1n) is 6.89. The minimum Gasteiger partial charge on any atom is -0.376 e. The highest BCUT2D eigenvalue weighted by Crippen LogP contribution is 2.25. The van der Waals surface area contributed by atoms with Crippen molar-refractivity contribution in [3.8, 4) is 0 Å². The van der Waals surface area contributed by atoms with E-state index in [1.54, 1.807) is 18.2 Å². The van der Waals surface area contributed by atoms with Gasteiger partial charge in [-0.05, 0) is 6.07 Å². The molecular weight excluding hydrogens is 290 g/mol. The second kappa shape index (κ2) is 6.12. The van der Waals surface area contributed by atoms with Gasteiger partial charge in [-0.1, -0.05) is 12.1 Å². The lowest BCUT2D eigenvalue weighted by Gasteiger charge is -2.22. The van der Waals surface area contributed by atoms with Crippen molar-refractivity contribution in [2.45, 2.75) is 6.10 Å². The number of fused-ring (bicyclic) bond motifs is 1. The van der Waals surface area contributed by atoms with Gasteiger partial charge in [0.25, 0.3) is 11.6 Å². The second-order valence-electron chi connectivity index (χ2n) is 4.96. The number of nitro groups is 1. The highest BCUT2D eigenvalue weighted by atomic mass is 16.6. The van der Waals surface area contributed by atoms with Crippen LogP contribution in [-0.2, 0) is 9.47 Å². The molecule has 0 saturated carbocycles. The van der Waals surface area contributed by atoms with Crippen LogP contribution in [0.3, 0.4) is 0 Å². The van der Waals surface area contributed by atoms with E-state index in [0.717, 1.165) is 0 Å². The topological polar surface area (TPSA) is 106 Å². The minimum absolute atomic E-state index is 0.0550. The van der Waals surface area contributed by atoms with E-state index in [9.17, 15) is 14.9 Å². The van der Waals surface area contributed by atoms with Crippen molar-refractivity contribution in [2.24, 2.45) is 0 Å². The van der Waals surface area contributed by atoms with E-state index < -0.39 is 4.92 Å². The van der Waals surface area contributed by atoms with Crippen molar-refractivity contribution >= 4 is 22.5 Å². The van der Waals surface area contributed by atoms with E-state index in [2.05, 4.69) is 10.3 Å². The van der Waals surface area contributed by atoms with Crippen LogP contribution in [0.15, 0.2) is 24.3 Å². The number of benzene rings is 1. The molecule has 0 radical (unpaired) electrons. The number of rotatable bonds is 4. The van der Waals surface area contributed by atoms with Gasteiger partial charge in [-0.2, -0.15) is 0 Å². The molecule has 8 nitrogen and oxygen atoms in total. The monoisotopic (exact) mass is 305 g/mol. The fourth-order valence-corrected chi connectivity index (χ4v) is 2.37. The zero-order valence-corrected chi connectivity index (χ0v) is 11.7. The third-order valence-electron chi connectivity index (χ3n) is 3.45. The van der Waals surface area contributed by atoms with Gasteiger partial charge >= 0.3 is 0 Å². The summed E-state index contributed by atoms with van der Waals surface area (Å²) in [6.07, 6.45) is -0.170. The molecule has 1 aliphatic heterocycles. The summed E-state index contributed by atoms with van der Waals surface area (Å²) in [5, 5.41) is 14.3. The summed E-state index contributed by atoms with van der Waals surface area (Å²) >= 11 is 0.